The van der Waals surface area contributed by atoms with Crippen molar-refractivity contribution in [2.45, 2.75) is 26.5 Å². The quantitative estimate of drug-likeness (QED) is 0.366. The highest BCUT2D eigenvalue weighted by Gasteiger charge is 2.13. The third kappa shape index (κ3) is 6.15. The fourth-order valence-corrected chi connectivity index (χ4v) is 3.70. The standard InChI is InChI=1S/C20H16BrCl3N2O2/c1-11(2)26-20(27)14(9-25)5-12-6-16(21)19(18(24)7-12)28-10-13-3-4-15(22)8-17(13)23/h3-8,11H,10H2,1-2H3,(H,26,27)/b14-5-. The zero-order chi connectivity index (χ0) is 20.8. The van der Waals surface area contributed by atoms with Crippen molar-refractivity contribution >= 4 is 62.7 Å². The molecule has 0 unspecified atom stereocenters. The number of rotatable bonds is 6. The normalized spacial score (nSPS) is 11.3. The highest BCUT2D eigenvalue weighted by Crippen LogP contribution is 2.36. The molecule has 0 saturated heterocycles. The van der Waals surface area contributed by atoms with Crippen LogP contribution in [0.1, 0.15) is 25.0 Å². The molecule has 0 aliphatic rings. The average Bonchev–Trinajstić information content (AvgIpc) is 2.59. The second-order valence-electron chi connectivity index (χ2n) is 6.14. The number of halogens is 4. The van der Waals surface area contributed by atoms with Crippen molar-refractivity contribution < 1.29 is 9.53 Å². The van der Waals surface area contributed by atoms with Crippen LogP contribution < -0.4 is 10.1 Å². The van der Waals surface area contributed by atoms with Crippen LogP contribution in [0.5, 0.6) is 5.75 Å². The molecule has 0 bridgehead atoms. The van der Waals surface area contributed by atoms with E-state index < -0.39 is 5.91 Å². The van der Waals surface area contributed by atoms with E-state index in [0.29, 0.717) is 30.9 Å². The Morgan fingerprint density at radius 3 is 2.54 bits per heavy atom. The molecule has 0 saturated carbocycles. The molecule has 0 spiro atoms. The van der Waals surface area contributed by atoms with Crippen molar-refractivity contribution in [1.82, 2.24) is 5.32 Å². The van der Waals surface area contributed by atoms with Gasteiger partial charge in [0.2, 0.25) is 0 Å². The summed E-state index contributed by atoms with van der Waals surface area (Å²) >= 11 is 21.8. The molecule has 0 aliphatic carbocycles. The topological polar surface area (TPSA) is 62.1 Å². The van der Waals surface area contributed by atoms with Gasteiger partial charge in [0.15, 0.2) is 5.75 Å². The van der Waals surface area contributed by atoms with Gasteiger partial charge in [-0.05, 0) is 65.7 Å². The number of nitrogens with one attached hydrogen (secondary N) is 1. The summed E-state index contributed by atoms with van der Waals surface area (Å²) in [6.07, 6.45) is 1.47. The predicted octanol–water partition coefficient (Wildman–Crippen LogP) is 6.42. The van der Waals surface area contributed by atoms with Crippen LogP contribution in [-0.4, -0.2) is 11.9 Å². The molecule has 0 aromatic heterocycles. The van der Waals surface area contributed by atoms with E-state index in [9.17, 15) is 10.1 Å². The summed E-state index contributed by atoms with van der Waals surface area (Å²) in [6.45, 7) is 3.84. The molecule has 4 nitrogen and oxygen atoms in total. The van der Waals surface area contributed by atoms with Crippen molar-refractivity contribution in [1.29, 1.82) is 5.26 Å². The van der Waals surface area contributed by atoms with Crippen LogP contribution in [0.15, 0.2) is 40.4 Å². The number of benzene rings is 2. The van der Waals surface area contributed by atoms with E-state index in [1.54, 1.807) is 30.3 Å². The van der Waals surface area contributed by atoms with Crippen molar-refractivity contribution in [2.24, 2.45) is 0 Å². The van der Waals surface area contributed by atoms with Crippen LogP contribution in [-0.2, 0) is 11.4 Å². The van der Waals surface area contributed by atoms with Crippen LogP contribution in [0.25, 0.3) is 6.08 Å². The highest BCUT2D eigenvalue weighted by molar-refractivity contribution is 9.10. The third-order valence-corrected chi connectivity index (χ3v) is 4.96. The number of carbonyl (C=O) groups is 1. The lowest BCUT2D eigenvalue weighted by Crippen LogP contribution is -2.30. The Morgan fingerprint density at radius 1 is 1.25 bits per heavy atom. The summed E-state index contributed by atoms with van der Waals surface area (Å²) in [5, 5.41) is 13.3. The number of hydrogen-bond donors (Lipinski definition) is 1. The molecule has 0 atom stereocenters. The largest absolute Gasteiger partial charge is 0.486 e. The second-order valence-corrected chi connectivity index (χ2v) is 8.24. The SMILES string of the molecule is CC(C)NC(=O)/C(C#N)=C\c1cc(Cl)c(OCc2ccc(Cl)cc2Cl)c(Br)c1. The van der Waals surface area contributed by atoms with Crippen molar-refractivity contribution in [3.05, 3.63) is 66.6 Å². The third-order valence-electron chi connectivity index (χ3n) is 3.50. The monoisotopic (exact) mass is 500 g/mol. The Hall–Kier alpha value is -1.71. The first-order valence-corrected chi connectivity index (χ1v) is 10.1. The molecule has 0 heterocycles. The van der Waals surface area contributed by atoms with E-state index in [-0.39, 0.29) is 18.2 Å². The van der Waals surface area contributed by atoms with Crippen molar-refractivity contribution in [3.8, 4) is 11.8 Å². The van der Waals surface area contributed by atoms with Gasteiger partial charge in [-0.15, -0.1) is 0 Å². The van der Waals surface area contributed by atoms with Gasteiger partial charge in [-0.2, -0.15) is 5.26 Å². The number of amides is 1. The van der Waals surface area contributed by atoms with Gasteiger partial charge in [-0.25, -0.2) is 0 Å². The van der Waals surface area contributed by atoms with E-state index in [4.69, 9.17) is 39.5 Å². The van der Waals surface area contributed by atoms with Gasteiger partial charge >= 0.3 is 0 Å². The maximum atomic E-state index is 12.0. The van der Waals surface area contributed by atoms with E-state index in [2.05, 4.69) is 21.2 Å². The lowest BCUT2D eigenvalue weighted by molar-refractivity contribution is -0.117. The van der Waals surface area contributed by atoms with Crippen molar-refractivity contribution in [2.75, 3.05) is 0 Å². The van der Waals surface area contributed by atoms with Gasteiger partial charge in [0.25, 0.3) is 5.91 Å². The Kier molecular flexibility index (Phi) is 8.21. The fourth-order valence-electron chi connectivity index (χ4n) is 2.24. The number of ether oxygens (including phenoxy) is 1. The summed E-state index contributed by atoms with van der Waals surface area (Å²) < 4.78 is 6.37. The fraction of sp³-hybridized carbons (Fsp3) is 0.200. The molecule has 0 radical (unpaired) electrons. The molecule has 8 heteroatoms. The first-order chi connectivity index (χ1) is 13.2. The van der Waals surface area contributed by atoms with Crippen LogP contribution in [0, 0.1) is 11.3 Å². The van der Waals surface area contributed by atoms with Crippen molar-refractivity contribution in [3.63, 3.8) is 0 Å². The predicted molar refractivity (Wildman–Crippen MR) is 117 cm³/mol. The lowest BCUT2D eigenvalue weighted by Gasteiger charge is -2.12. The molecular weight excluding hydrogens is 486 g/mol. The van der Waals surface area contributed by atoms with Gasteiger partial charge in [0.1, 0.15) is 18.2 Å². The Morgan fingerprint density at radius 2 is 1.96 bits per heavy atom. The minimum Gasteiger partial charge on any atom is -0.486 e. The summed E-state index contributed by atoms with van der Waals surface area (Å²) in [5.74, 6) is -0.0163. The molecule has 146 valence electrons. The first kappa shape index (κ1) is 22.6. The van der Waals surface area contributed by atoms with E-state index >= 15 is 0 Å². The minimum absolute atomic E-state index is 0.0155. The van der Waals surface area contributed by atoms with Crippen LogP contribution in [0.4, 0.5) is 0 Å². The molecule has 28 heavy (non-hydrogen) atoms. The molecular formula is C20H16BrCl3N2O2. The molecule has 2 aromatic rings. The van der Waals surface area contributed by atoms with Crippen LogP contribution in [0.3, 0.4) is 0 Å². The van der Waals surface area contributed by atoms with Gasteiger partial charge in [-0.3, -0.25) is 4.79 Å². The Labute approximate surface area is 187 Å². The van der Waals surface area contributed by atoms with Crippen LogP contribution >= 0.6 is 50.7 Å². The molecule has 0 fully saturated rings. The molecule has 1 amide bonds. The van der Waals surface area contributed by atoms with E-state index in [0.717, 1.165) is 5.56 Å². The van der Waals surface area contributed by atoms with E-state index in [1.807, 2.05) is 19.9 Å². The highest BCUT2D eigenvalue weighted by atomic mass is 79.9. The summed E-state index contributed by atoms with van der Waals surface area (Å²) in [5.41, 5.74) is 1.33. The van der Waals surface area contributed by atoms with Gasteiger partial charge < -0.3 is 10.1 Å². The second kappa shape index (κ2) is 10.2. The Bertz CT molecular complexity index is 945. The van der Waals surface area contributed by atoms with Crippen LogP contribution in [0.2, 0.25) is 15.1 Å². The maximum Gasteiger partial charge on any atom is 0.262 e. The van der Waals surface area contributed by atoms with Gasteiger partial charge in [0.05, 0.1) is 9.50 Å². The molecule has 0 aliphatic heterocycles. The lowest BCUT2D eigenvalue weighted by atomic mass is 10.1. The maximum absolute atomic E-state index is 12.0. The zero-order valence-corrected chi connectivity index (χ0v) is 18.9. The average molecular weight is 503 g/mol. The van der Waals surface area contributed by atoms with Gasteiger partial charge in [0, 0.05) is 21.7 Å². The zero-order valence-electron chi connectivity index (χ0n) is 15.0. The minimum atomic E-state index is -0.442. The Balaban J connectivity index is 2.23. The number of nitrogens with zero attached hydrogens (tertiary/aromatic N) is 1. The summed E-state index contributed by atoms with van der Waals surface area (Å²) in [6, 6.07) is 10.3. The first-order valence-electron chi connectivity index (χ1n) is 8.19. The molecule has 2 rings (SSSR count). The summed E-state index contributed by atoms with van der Waals surface area (Å²) in [4.78, 5) is 12.0. The number of carbonyl (C=O) groups excluding carboxylic acids is 1. The number of hydrogen-bond acceptors (Lipinski definition) is 3. The summed E-state index contributed by atoms with van der Waals surface area (Å²) in [7, 11) is 0. The van der Waals surface area contributed by atoms with E-state index in [1.165, 1.54) is 6.08 Å². The molecule has 2 aromatic carbocycles. The van der Waals surface area contributed by atoms with Gasteiger partial charge in [-0.1, -0.05) is 40.9 Å². The molecule has 1 N–H and O–H groups in total. The number of nitriles is 1. The smallest absolute Gasteiger partial charge is 0.262 e.